The lowest BCUT2D eigenvalue weighted by Crippen LogP contribution is -2.52. The summed E-state index contributed by atoms with van der Waals surface area (Å²) in [6, 6.07) is 7.36. The van der Waals surface area contributed by atoms with Crippen molar-refractivity contribution in [2.75, 3.05) is 0 Å². The van der Waals surface area contributed by atoms with E-state index in [1.54, 1.807) is 0 Å². The predicted molar refractivity (Wildman–Crippen MR) is 146 cm³/mol. The van der Waals surface area contributed by atoms with Crippen LogP contribution in [0.1, 0.15) is 88.9 Å². The molecule has 1 aromatic carbocycles. The number of ether oxygens (including phenoxy) is 1. The van der Waals surface area contributed by atoms with Gasteiger partial charge in [-0.2, -0.15) is 4.68 Å². The highest BCUT2D eigenvalue weighted by Gasteiger charge is 2.32. The fourth-order valence-corrected chi connectivity index (χ4v) is 4.87. The third-order valence-electron chi connectivity index (χ3n) is 6.84. The minimum absolute atomic E-state index is 0.0580. The molecule has 1 aliphatic rings. The van der Waals surface area contributed by atoms with E-state index in [-0.39, 0.29) is 24.3 Å². The van der Waals surface area contributed by atoms with Crippen molar-refractivity contribution in [1.82, 2.24) is 20.4 Å². The van der Waals surface area contributed by atoms with Crippen LogP contribution in [-0.4, -0.2) is 39.6 Å². The Morgan fingerprint density at radius 3 is 2.26 bits per heavy atom. The zero-order valence-corrected chi connectivity index (χ0v) is 23.5. The molecule has 1 heterocycles. The van der Waals surface area contributed by atoms with Crippen LogP contribution in [0.15, 0.2) is 39.5 Å². The number of amides is 2. The zero-order valence-electron chi connectivity index (χ0n) is 23.5. The van der Waals surface area contributed by atoms with Gasteiger partial charge in [-0.1, -0.05) is 77.3 Å². The molecule has 2 atom stereocenters. The molecule has 2 amide bonds. The topological polar surface area (TPSA) is 133 Å². The molecule has 2 aromatic rings. The van der Waals surface area contributed by atoms with Crippen molar-refractivity contribution in [1.29, 1.82) is 0 Å². The molecule has 1 aliphatic carbocycles. The molecule has 0 aliphatic heterocycles. The van der Waals surface area contributed by atoms with E-state index in [0.29, 0.717) is 25.3 Å². The second-order valence-electron chi connectivity index (χ2n) is 11.3. The van der Waals surface area contributed by atoms with Crippen LogP contribution in [-0.2, 0) is 22.7 Å². The number of ketones is 1. The van der Waals surface area contributed by atoms with Crippen LogP contribution in [0.4, 0.5) is 4.79 Å². The number of Topliss-reactive ketones (excluding diaryl/α,β-unsaturated/α-hetero) is 1. The lowest BCUT2D eigenvalue weighted by molar-refractivity contribution is -0.124. The fourth-order valence-electron chi connectivity index (χ4n) is 4.87. The zero-order chi connectivity index (χ0) is 28.4. The summed E-state index contributed by atoms with van der Waals surface area (Å²) >= 11 is 0. The molecule has 1 saturated carbocycles. The lowest BCUT2D eigenvalue weighted by Gasteiger charge is -2.24. The molecule has 39 heavy (non-hydrogen) atoms. The maximum Gasteiger partial charge on any atom is 0.437 e. The smallest absolute Gasteiger partial charge is 0.437 e. The average Bonchev–Trinajstić information content (AvgIpc) is 3.26. The highest BCUT2D eigenvalue weighted by atomic mass is 16.5. The van der Waals surface area contributed by atoms with Crippen LogP contribution in [0, 0.1) is 17.8 Å². The third-order valence-corrected chi connectivity index (χ3v) is 6.84. The van der Waals surface area contributed by atoms with E-state index >= 15 is 0 Å². The average molecular weight is 543 g/mol. The molecule has 2 N–H and O–H groups in total. The number of carbonyl (C=O) groups is 3. The van der Waals surface area contributed by atoms with Crippen LogP contribution in [0.3, 0.4) is 0 Å². The van der Waals surface area contributed by atoms with Crippen molar-refractivity contribution in [2.45, 2.75) is 97.9 Å². The highest BCUT2D eigenvalue weighted by molar-refractivity contribution is 5.99. The van der Waals surface area contributed by atoms with Gasteiger partial charge < -0.3 is 19.8 Å². The molecule has 0 bridgehead atoms. The first-order valence-corrected chi connectivity index (χ1v) is 14.0. The normalized spacial score (nSPS) is 15.6. The standard InChI is InChI=1S/C29H42N4O6/c1-19(2)15-23(25(34)27-32-33(29(37)39-27)17-21-11-7-5-8-12-21)30-26(35)24(16-20(3)4)31-28(36)38-18-22-13-9-6-10-14-22/h6,9-10,13-14,19-21,23-24H,5,7-8,11-12,15-18H2,1-4H3,(H,30,35)(H,31,36)/t23-,24-/m0/s1. The number of alkyl carbamates (subject to hydrolysis) is 1. The first-order chi connectivity index (χ1) is 18.6. The Bertz CT molecular complexity index is 1130. The van der Waals surface area contributed by atoms with Gasteiger partial charge in [0, 0.05) is 0 Å². The molecule has 214 valence electrons. The highest BCUT2D eigenvalue weighted by Crippen LogP contribution is 2.24. The molecule has 10 nitrogen and oxygen atoms in total. The Morgan fingerprint density at radius 2 is 1.62 bits per heavy atom. The molecule has 1 fully saturated rings. The van der Waals surface area contributed by atoms with E-state index in [1.165, 1.54) is 11.1 Å². The Kier molecular flexibility index (Phi) is 11.3. The van der Waals surface area contributed by atoms with Gasteiger partial charge in [0.2, 0.25) is 11.7 Å². The Labute approximate surface area is 229 Å². The van der Waals surface area contributed by atoms with Gasteiger partial charge in [0.25, 0.3) is 5.89 Å². The summed E-state index contributed by atoms with van der Waals surface area (Å²) in [6.45, 7) is 8.20. The van der Waals surface area contributed by atoms with Crippen molar-refractivity contribution in [3.05, 3.63) is 52.3 Å². The summed E-state index contributed by atoms with van der Waals surface area (Å²) in [5.41, 5.74) is 0.824. The quantitative estimate of drug-likeness (QED) is 0.357. The number of carbonyl (C=O) groups excluding carboxylic acids is 3. The molecular formula is C29H42N4O6. The van der Waals surface area contributed by atoms with E-state index in [9.17, 15) is 19.2 Å². The van der Waals surface area contributed by atoms with Crippen LogP contribution >= 0.6 is 0 Å². The molecule has 1 aromatic heterocycles. The Morgan fingerprint density at radius 1 is 0.974 bits per heavy atom. The van der Waals surface area contributed by atoms with Crippen LogP contribution in [0.2, 0.25) is 0 Å². The largest absolute Gasteiger partial charge is 0.445 e. The number of hydrogen-bond donors (Lipinski definition) is 2. The summed E-state index contributed by atoms with van der Waals surface area (Å²) in [7, 11) is 0. The third kappa shape index (κ3) is 9.67. The molecular weight excluding hydrogens is 500 g/mol. The number of hydrogen-bond acceptors (Lipinski definition) is 7. The molecule has 0 spiro atoms. The summed E-state index contributed by atoms with van der Waals surface area (Å²) < 4.78 is 11.8. The van der Waals surface area contributed by atoms with Gasteiger partial charge in [-0.15, -0.1) is 5.10 Å². The molecule has 10 heteroatoms. The summed E-state index contributed by atoms with van der Waals surface area (Å²) in [6.07, 6.45) is 5.42. The minimum atomic E-state index is -0.963. The SMILES string of the molecule is CC(C)C[C@H](NC(=O)OCc1ccccc1)C(=O)N[C@@H](CC(C)C)C(=O)c1nn(CC2CCCCC2)c(=O)o1. The van der Waals surface area contributed by atoms with Crippen molar-refractivity contribution >= 4 is 17.8 Å². The molecule has 0 unspecified atom stereocenters. The van der Waals surface area contributed by atoms with E-state index < -0.39 is 35.6 Å². The maximum absolute atomic E-state index is 13.4. The number of benzene rings is 1. The van der Waals surface area contributed by atoms with Gasteiger partial charge in [-0.3, -0.25) is 9.59 Å². The van der Waals surface area contributed by atoms with Crippen LogP contribution < -0.4 is 16.4 Å². The molecule has 0 radical (unpaired) electrons. The fraction of sp³-hybridized carbons (Fsp3) is 0.621. The van der Waals surface area contributed by atoms with Crippen molar-refractivity contribution in [3.8, 4) is 0 Å². The number of nitrogens with one attached hydrogen (secondary N) is 2. The lowest BCUT2D eigenvalue weighted by atomic mass is 9.89. The van der Waals surface area contributed by atoms with Gasteiger partial charge in [0.1, 0.15) is 12.6 Å². The van der Waals surface area contributed by atoms with E-state index in [2.05, 4.69) is 15.7 Å². The van der Waals surface area contributed by atoms with Crippen molar-refractivity contribution in [2.24, 2.45) is 17.8 Å². The van der Waals surface area contributed by atoms with Gasteiger partial charge in [-0.25, -0.2) is 9.59 Å². The second-order valence-corrected chi connectivity index (χ2v) is 11.3. The Balaban J connectivity index is 1.68. The number of nitrogens with zero attached hydrogens (tertiary/aromatic N) is 2. The van der Waals surface area contributed by atoms with E-state index in [1.807, 2.05) is 58.0 Å². The van der Waals surface area contributed by atoms with Crippen LogP contribution in [0.25, 0.3) is 0 Å². The molecule has 3 rings (SSSR count). The maximum atomic E-state index is 13.4. The molecule has 0 saturated heterocycles. The summed E-state index contributed by atoms with van der Waals surface area (Å²) in [5, 5.41) is 9.59. The first kappa shape index (κ1) is 30.1. The first-order valence-electron chi connectivity index (χ1n) is 14.0. The van der Waals surface area contributed by atoms with E-state index in [0.717, 1.165) is 31.2 Å². The summed E-state index contributed by atoms with van der Waals surface area (Å²) in [4.78, 5) is 51.6. The van der Waals surface area contributed by atoms with Crippen molar-refractivity contribution < 1.29 is 23.5 Å². The van der Waals surface area contributed by atoms with Gasteiger partial charge >= 0.3 is 11.8 Å². The monoisotopic (exact) mass is 542 g/mol. The summed E-state index contributed by atoms with van der Waals surface area (Å²) in [5.74, 6) is -1.57. The number of aromatic nitrogens is 2. The Hall–Kier alpha value is -3.43. The van der Waals surface area contributed by atoms with Gasteiger partial charge in [0.15, 0.2) is 0 Å². The number of rotatable bonds is 13. The van der Waals surface area contributed by atoms with E-state index in [4.69, 9.17) is 9.15 Å². The van der Waals surface area contributed by atoms with Gasteiger partial charge in [-0.05, 0) is 49.0 Å². The predicted octanol–water partition coefficient (Wildman–Crippen LogP) is 4.47. The second kappa shape index (κ2) is 14.6. The minimum Gasteiger partial charge on any atom is -0.445 e. The van der Waals surface area contributed by atoms with Crippen molar-refractivity contribution in [3.63, 3.8) is 0 Å². The van der Waals surface area contributed by atoms with Crippen LogP contribution in [0.5, 0.6) is 0 Å². The van der Waals surface area contributed by atoms with Gasteiger partial charge in [0.05, 0.1) is 12.6 Å².